The molecule has 1 heterocycles. The largest absolute Gasteiger partial charge is 0.508 e. The maximum Gasteiger partial charge on any atom is 0.121 e. The van der Waals surface area contributed by atoms with Crippen molar-refractivity contribution >= 4 is 0 Å². The number of aromatic hydroxyl groups is 1. The van der Waals surface area contributed by atoms with E-state index in [1.165, 1.54) is 0 Å². The first-order valence-corrected chi connectivity index (χ1v) is 5.06. The van der Waals surface area contributed by atoms with Crippen LogP contribution >= 0.6 is 0 Å². The van der Waals surface area contributed by atoms with Crippen LogP contribution in [-0.2, 0) is 4.74 Å². The molecule has 82 valence electrons. The maximum atomic E-state index is 10.0. The first kappa shape index (κ1) is 10.4. The number of aliphatic hydroxyl groups is 1. The Labute approximate surface area is 88.5 Å². The fourth-order valence-corrected chi connectivity index (χ4v) is 1.74. The molecule has 1 saturated heterocycles. The molecule has 1 aliphatic rings. The fraction of sp³-hybridized carbons (Fsp3) is 0.455. The Morgan fingerprint density at radius 1 is 1.40 bits per heavy atom. The quantitative estimate of drug-likeness (QED) is 0.660. The molecule has 1 aromatic carbocycles. The van der Waals surface area contributed by atoms with Crippen molar-refractivity contribution in [3.05, 3.63) is 29.8 Å². The molecule has 2 unspecified atom stereocenters. The zero-order valence-corrected chi connectivity index (χ0v) is 8.39. The van der Waals surface area contributed by atoms with Crippen LogP contribution in [-0.4, -0.2) is 36.0 Å². The number of nitrogens with one attached hydrogen (secondary N) is 1. The molecule has 0 saturated carbocycles. The van der Waals surface area contributed by atoms with E-state index in [-0.39, 0.29) is 11.8 Å². The second-order valence-corrected chi connectivity index (χ2v) is 3.64. The lowest BCUT2D eigenvalue weighted by atomic mass is 10.0. The van der Waals surface area contributed by atoms with Gasteiger partial charge < -0.3 is 20.3 Å². The molecular formula is C11H15NO3. The van der Waals surface area contributed by atoms with Crippen molar-refractivity contribution in [2.45, 2.75) is 12.1 Å². The highest BCUT2D eigenvalue weighted by Gasteiger charge is 2.24. The minimum atomic E-state index is -0.730. The summed E-state index contributed by atoms with van der Waals surface area (Å²) < 4.78 is 5.26. The number of benzene rings is 1. The molecule has 0 amide bonds. The van der Waals surface area contributed by atoms with Gasteiger partial charge >= 0.3 is 0 Å². The summed E-state index contributed by atoms with van der Waals surface area (Å²) >= 11 is 0. The Balaban J connectivity index is 2.12. The van der Waals surface area contributed by atoms with Gasteiger partial charge in [0.1, 0.15) is 11.9 Å². The molecule has 4 nitrogen and oxygen atoms in total. The second-order valence-electron chi connectivity index (χ2n) is 3.64. The number of para-hydroxylation sites is 1. The van der Waals surface area contributed by atoms with Crippen molar-refractivity contribution in [1.29, 1.82) is 0 Å². The molecular weight excluding hydrogens is 194 g/mol. The smallest absolute Gasteiger partial charge is 0.121 e. The Bertz CT molecular complexity index is 323. The standard InChI is InChI=1S/C11H15NO3/c13-10-4-2-1-3-8(10)11(14)9-7-15-6-5-12-9/h1-4,9,11-14H,5-7H2. The molecule has 0 bridgehead atoms. The average Bonchev–Trinajstić information content (AvgIpc) is 2.30. The molecule has 4 heteroatoms. The van der Waals surface area contributed by atoms with Gasteiger partial charge in [0.05, 0.1) is 19.3 Å². The molecule has 0 aromatic heterocycles. The van der Waals surface area contributed by atoms with Gasteiger partial charge in [0.2, 0.25) is 0 Å². The topological polar surface area (TPSA) is 61.7 Å². The summed E-state index contributed by atoms with van der Waals surface area (Å²) in [6.45, 7) is 1.87. The number of phenolic OH excluding ortho intramolecular Hbond substituents is 1. The fourth-order valence-electron chi connectivity index (χ4n) is 1.74. The van der Waals surface area contributed by atoms with E-state index in [0.717, 1.165) is 6.54 Å². The van der Waals surface area contributed by atoms with E-state index in [1.807, 2.05) is 0 Å². The Morgan fingerprint density at radius 3 is 2.87 bits per heavy atom. The van der Waals surface area contributed by atoms with Crippen molar-refractivity contribution in [2.24, 2.45) is 0 Å². The summed E-state index contributed by atoms with van der Waals surface area (Å²) in [7, 11) is 0. The van der Waals surface area contributed by atoms with Crippen molar-refractivity contribution < 1.29 is 14.9 Å². The lowest BCUT2D eigenvalue weighted by Gasteiger charge is -2.28. The van der Waals surface area contributed by atoms with Crippen molar-refractivity contribution in [3.8, 4) is 5.75 Å². The maximum absolute atomic E-state index is 10.0. The molecule has 2 atom stereocenters. The van der Waals surface area contributed by atoms with Crippen molar-refractivity contribution in [2.75, 3.05) is 19.8 Å². The van der Waals surface area contributed by atoms with Crippen molar-refractivity contribution in [3.63, 3.8) is 0 Å². The molecule has 1 fully saturated rings. The first-order chi connectivity index (χ1) is 7.29. The second kappa shape index (κ2) is 4.61. The molecule has 2 rings (SSSR count). The van der Waals surface area contributed by atoms with Crippen LogP contribution in [0.1, 0.15) is 11.7 Å². The number of morpholine rings is 1. The molecule has 1 aliphatic heterocycles. The minimum absolute atomic E-state index is 0.123. The monoisotopic (exact) mass is 209 g/mol. The van der Waals surface area contributed by atoms with Crippen LogP contribution in [0.5, 0.6) is 5.75 Å². The van der Waals surface area contributed by atoms with Gasteiger partial charge in [-0.1, -0.05) is 18.2 Å². The summed E-state index contributed by atoms with van der Waals surface area (Å²) in [5.41, 5.74) is 0.542. The van der Waals surface area contributed by atoms with Gasteiger partial charge in [-0.05, 0) is 6.07 Å². The van der Waals surface area contributed by atoms with Crippen LogP contribution in [0.3, 0.4) is 0 Å². The summed E-state index contributed by atoms with van der Waals surface area (Å²) in [4.78, 5) is 0. The molecule has 1 aromatic rings. The summed E-state index contributed by atoms with van der Waals surface area (Å²) in [5, 5.41) is 22.8. The summed E-state index contributed by atoms with van der Waals surface area (Å²) in [6, 6.07) is 6.67. The van der Waals surface area contributed by atoms with Gasteiger partial charge in [0.25, 0.3) is 0 Å². The highest BCUT2D eigenvalue weighted by atomic mass is 16.5. The zero-order valence-electron chi connectivity index (χ0n) is 8.39. The number of phenols is 1. The van der Waals surface area contributed by atoms with E-state index in [0.29, 0.717) is 18.8 Å². The predicted molar refractivity (Wildman–Crippen MR) is 55.7 cm³/mol. The number of rotatable bonds is 2. The third-order valence-electron chi connectivity index (χ3n) is 2.59. The van der Waals surface area contributed by atoms with E-state index >= 15 is 0 Å². The van der Waals surface area contributed by atoms with Crippen LogP contribution in [0.25, 0.3) is 0 Å². The lowest BCUT2D eigenvalue weighted by molar-refractivity contribution is 0.0169. The number of hydrogen-bond acceptors (Lipinski definition) is 4. The number of hydrogen-bond donors (Lipinski definition) is 3. The van der Waals surface area contributed by atoms with Crippen LogP contribution in [0, 0.1) is 0 Å². The first-order valence-electron chi connectivity index (χ1n) is 5.06. The molecule has 0 aliphatic carbocycles. The van der Waals surface area contributed by atoms with Crippen LogP contribution in [0.4, 0.5) is 0 Å². The zero-order chi connectivity index (χ0) is 10.7. The molecule has 0 radical (unpaired) electrons. The van der Waals surface area contributed by atoms with E-state index in [1.54, 1.807) is 24.3 Å². The highest BCUT2D eigenvalue weighted by molar-refractivity contribution is 5.34. The normalized spacial score (nSPS) is 23.7. The van der Waals surface area contributed by atoms with Crippen LogP contribution < -0.4 is 5.32 Å². The summed E-state index contributed by atoms with van der Waals surface area (Å²) in [6.07, 6.45) is -0.730. The number of aliphatic hydroxyl groups excluding tert-OH is 1. The SMILES string of the molecule is Oc1ccccc1C(O)C1COCCN1. The highest BCUT2D eigenvalue weighted by Crippen LogP contribution is 2.26. The average molecular weight is 209 g/mol. The van der Waals surface area contributed by atoms with Gasteiger partial charge in [-0.25, -0.2) is 0 Å². The minimum Gasteiger partial charge on any atom is -0.508 e. The van der Waals surface area contributed by atoms with Gasteiger partial charge in [0.15, 0.2) is 0 Å². The molecule has 15 heavy (non-hydrogen) atoms. The Hall–Kier alpha value is -1.10. The van der Waals surface area contributed by atoms with E-state index < -0.39 is 6.10 Å². The van der Waals surface area contributed by atoms with Crippen molar-refractivity contribution in [1.82, 2.24) is 5.32 Å². The van der Waals surface area contributed by atoms with Gasteiger partial charge in [0, 0.05) is 12.1 Å². The molecule has 3 N–H and O–H groups in total. The number of ether oxygens (including phenoxy) is 1. The third-order valence-corrected chi connectivity index (χ3v) is 2.59. The lowest BCUT2D eigenvalue weighted by Crippen LogP contribution is -2.45. The third kappa shape index (κ3) is 2.28. The van der Waals surface area contributed by atoms with Crippen LogP contribution in [0.2, 0.25) is 0 Å². The van der Waals surface area contributed by atoms with Gasteiger partial charge in [-0.15, -0.1) is 0 Å². The van der Waals surface area contributed by atoms with E-state index in [9.17, 15) is 10.2 Å². The van der Waals surface area contributed by atoms with Crippen LogP contribution in [0.15, 0.2) is 24.3 Å². The summed E-state index contributed by atoms with van der Waals surface area (Å²) in [5.74, 6) is 0.123. The Kier molecular flexibility index (Phi) is 3.20. The van der Waals surface area contributed by atoms with E-state index in [4.69, 9.17) is 4.74 Å². The Morgan fingerprint density at radius 2 is 2.20 bits per heavy atom. The predicted octanol–water partition coefficient (Wildman–Crippen LogP) is 0.414. The van der Waals surface area contributed by atoms with Gasteiger partial charge in [-0.3, -0.25) is 0 Å². The molecule has 0 spiro atoms. The van der Waals surface area contributed by atoms with Gasteiger partial charge in [-0.2, -0.15) is 0 Å². The van der Waals surface area contributed by atoms with E-state index in [2.05, 4.69) is 5.32 Å².